The van der Waals surface area contributed by atoms with E-state index in [1.54, 1.807) is 0 Å². The van der Waals surface area contributed by atoms with Gasteiger partial charge in [-0.3, -0.25) is 4.79 Å². The molecule has 3 heterocycles. The predicted octanol–water partition coefficient (Wildman–Crippen LogP) is 6.68. The van der Waals surface area contributed by atoms with Crippen molar-refractivity contribution in [2.45, 2.75) is 57.3 Å². The van der Waals surface area contributed by atoms with Crippen molar-refractivity contribution in [1.82, 2.24) is 19.9 Å². The van der Waals surface area contributed by atoms with Crippen molar-refractivity contribution in [3.05, 3.63) is 96.3 Å². The van der Waals surface area contributed by atoms with E-state index in [0.717, 1.165) is 64.0 Å². The third-order valence-electron chi connectivity index (χ3n) is 8.93. The number of alkyl halides is 3. The zero-order valence-electron chi connectivity index (χ0n) is 25.8. The number of para-hydroxylation sites is 1. The number of piperazine rings is 1. The van der Waals surface area contributed by atoms with Crippen LogP contribution in [-0.4, -0.2) is 52.7 Å². The number of carbonyl (C=O) groups is 1. The van der Waals surface area contributed by atoms with Crippen LogP contribution in [0.4, 0.5) is 30.6 Å². The topological polar surface area (TPSA) is 78.3 Å². The lowest BCUT2D eigenvalue weighted by Crippen LogP contribution is -2.47. The Hall–Kier alpha value is -4.54. The number of benzene rings is 2. The van der Waals surface area contributed by atoms with Gasteiger partial charge in [0.15, 0.2) is 0 Å². The van der Waals surface area contributed by atoms with Crippen molar-refractivity contribution < 1.29 is 18.0 Å². The maximum absolute atomic E-state index is 13.7. The Morgan fingerprint density at radius 2 is 1.52 bits per heavy atom. The van der Waals surface area contributed by atoms with Gasteiger partial charge in [0.25, 0.3) is 0 Å². The van der Waals surface area contributed by atoms with Gasteiger partial charge in [0.1, 0.15) is 17.7 Å². The van der Waals surface area contributed by atoms with Crippen LogP contribution >= 0.6 is 0 Å². The molecule has 0 unspecified atom stereocenters. The molecule has 1 amide bonds. The highest BCUT2D eigenvalue weighted by atomic mass is 19.4. The molecule has 242 valence electrons. The highest BCUT2D eigenvalue weighted by Crippen LogP contribution is 2.30. The summed E-state index contributed by atoms with van der Waals surface area (Å²) < 4.78 is 41.0. The van der Waals surface area contributed by atoms with Gasteiger partial charge in [0.2, 0.25) is 11.9 Å². The molecule has 1 saturated heterocycles. The second-order valence-corrected chi connectivity index (χ2v) is 12.2. The zero-order chi connectivity index (χ0) is 31.9. The van der Waals surface area contributed by atoms with E-state index < -0.39 is 17.8 Å². The maximum atomic E-state index is 13.7. The van der Waals surface area contributed by atoms with Gasteiger partial charge in [0.05, 0.1) is 5.56 Å². The first-order valence-electron chi connectivity index (χ1n) is 16.1. The molecule has 1 aliphatic heterocycles. The average Bonchev–Trinajstić information content (AvgIpc) is 3.63. The van der Waals surface area contributed by atoms with Crippen molar-refractivity contribution in [2.24, 2.45) is 5.92 Å². The highest BCUT2D eigenvalue weighted by Gasteiger charge is 2.30. The molecule has 2 aromatic carbocycles. The van der Waals surface area contributed by atoms with Crippen LogP contribution < -0.4 is 20.4 Å². The number of hydrogen-bond donors (Lipinski definition) is 2. The minimum absolute atomic E-state index is 0.134. The number of carbonyl (C=O) groups excluding carboxylic acids is 1. The van der Waals surface area contributed by atoms with E-state index in [1.165, 1.54) is 24.2 Å². The molecular weight excluding hydrogens is 591 g/mol. The van der Waals surface area contributed by atoms with Crippen LogP contribution in [-0.2, 0) is 17.5 Å². The van der Waals surface area contributed by atoms with E-state index in [-0.39, 0.29) is 12.5 Å². The number of hydrogen-bond acceptors (Lipinski definition) is 6. The lowest BCUT2D eigenvalue weighted by molar-refractivity contribution is -0.137. The van der Waals surface area contributed by atoms with Crippen LogP contribution in [0, 0.1) is 5.92 Å². The fraction of sp³-hybridized carbons (Fsp3) is 0.400. The Morgan fingerprint density at radius 3 is 2.20 bits per heavy atom. The Balaban J connectivity index is 1.20. The number of amides is 1. The predicted molar refractivity (Wildman–Crippen MR) is 174 cm³/mol. The summed E-state index contributed by atoms with van der Waals surface area (Å²) in [4.78, 5) is 28.0. The van der Waals surface area contributed by atoms with Crippen LogP contribution in [0.1, 0.15) is 49.7 Å². The third-order valence-corrected chi connectivity index (χ3v) is 8.93. The second kappa shape index (κ2) is 14.3. The summed E-state index contributed by atoms with van der Waals surface area (Å²) in [5, 5.41) is 6.41. The summed E-state index contributed by atoms with van der Waals surface area (Å²) in [7, 11) is 0. The number of halogens is 3. The van der Waals surface area contributed by atoms with E-state index in [0.29, 0.717) is 35.5 Å². The Morgan fingerprint density at radius 1 is 0.848 bits per heavy atom. The van der Waals surface area contributed by atoms with Gasteiger partial charge in [-0.2, -0.15) is 23.1 Å². The summed E-state index contributed by atoms with van der Waals surface area (Å²) in [5.74, 6) is 2.06. The normalized spacial score (nSPS) is 16.7. The van der Waals surface area contributed by atoms with Crippen molar-refractivity contribution in [2.75, 3.05) is 41.3 Å². The molecule has 8 nitrogen and oxygen atoms in total. The quantitative estimate of drug-likeness (QED) is 0.203. The lowest BCUT2D eigenvalue weighted by atomic mass is 9.84. The van der Waals surface area contributed by atoms with Gasteiger partial charge in [-0.15, -0.1) is 0 Å². The van der Waals surface area contributed by atoms with Gasteiger partial charge in [-0.25, -0.2) is 0 Å². The van der Waals surface area contributed by atoms with Gasteiger partial charge >= 0.3 is 6.18 Å². The first-order valence-corrected chi connectivity index (χ1v) is 16.1. The molecule has 11 heteroatoms. The Labute approximate surface area is 267 Å². The highest BCUT2D eigenvalue weighted by molar-refractivity contribution is 5.84. The molecule has 2 aliphatic rings. The molecule has 1 atom stereocenters. The van der Waals surface area contributed by atoms with Crippen LogP contribution in [0.25, 0.3) is 5.82 Å². The molecule has 0 radical (unpaired) electrons. The van der Waals surface area contributed by atoms with Crippen molar-refractivity contribution in [3.8, 4) is 5.82 Å². The second-order valence-electron chi connectivity index (χ2n) is 12.2. The molecule has 0 spiro atoms. The SMILES string of the molecule is O=C(NCc1ccc(C(F)(F)F)cc1)[C@@H](CC1CCCCC1)Nc1cc(-n2cccc2)nc(N2CCN(c3ccccc3)CC2)n1. The van der Waals surface area contributed by atoms with Crippen LogP contribution in [0.2, 0.25) is 0 Å². The fourth-order valence-corrected chi connectivity index (χ4v) is 6.35. The number of aromatic nitrogens is 3. The number of anilines is 3. The summed E-state index contributed by atoms with van der Waals surface area (Å²) in [5.41, 5.74) is 1.09. The maximum Gasteiger partial charge on any atom is 0.416 e. The summed E-state index contributed by atoms with van der Waals surface area (Å²) >= 11 is 0. The molecular formula is C35H40F3N7O. The Kier molecular flexibility index (Phi) is 9.75. The zero-order valence-corrected chi connectivity index (χ0v) is 25.8. The van der Waals surface area contributed by atoms with E-state index in [2.05, 4.69) is 32.6 Å². The van der Waals surface area contributed by atoms with Crippen molar-refractivity contribution in [3.63, 3.8) is 0 Å². The minimum Gasteiger partial charge on any atom is -0.368 e. The number of nitrogens with zero attached hydrogens (tertiary/aromatic N) is 5. The standard InChI is InChI=1S/C35H40F3N7O/c36-35(37,38)28-15-13-27(14-16-28)25-39-33(46)30(23-26-9-3-1-4-10-26)40-31-24-32(44-17-7-8-18-44)42-34(41-31)45-21-19-43(20-22-45)29-11-5-2-6-12-29/h2,5-8,11-18,24,26,30H,1,3-4,9-10,19-23,25H2,(H,39,46)(H,40,41,42)/t30-/m1/s1. The molecule has 2 N–H and O–H groups in total. The average molecular weight is 632 g/mol. The lowest BCUT2D eigenvalue weighted by Gasteiger charge is -2.36. The van der Waals surface area contributed by atoms with Crippen molar-refractivity contribution in [1.29, 1.82) is 0 Å². The molecule has 2 aromatic heterocycles. The van der Waals surface area contributed by atoms with Crippen LogP contribution in [0.15, 0.2) is 85.2 Å². The van der Waals surface area contributed by atoms with E-state index >= 15 is 0 Å². The van der Waals surface area contributed by atoms with Gasteiger partial charge in [-0.05, 0) is 54.3 Å². The summed E-state index contributed by atoms with van der Waals surface area (Å²) in [6.45, 7) is 3.31. The van der Waals surface area contributed by atoms with Gasteiger partial charge < -0.3 is 25.0 Å². The van der Waals surface area contributed by atoms with E-state index in [9.17, 15) is 18.0 Å². The van der Waals surface area contributed by atoms with Crippen LogP contribution in [0.3, 0.4) is 0 Å². The van der Waals surface area contributed by atoms with Crippen molar-refractivity contribution >= 4 is 23.4 Å². The molecule has 1 aliphatic carbocycles. The van der Waals surface area contributed by atoms with Gasteiger partial charge in [0, 0.05) is 56.9 Å². The number of rotatable bonds is 10. The monoisotopic (exact) mass is 631 g/mol. The summed E-state index contributed by atoms with van der Waals surface area (Å²) in [6.07, 6.45) is 5.75. The smallest absolute Gasteiger partial charge is 0.368 e. The number of nitrogens with one attached hydrogen (secondary N) is 2. The molecule has 0 bridgehead atoms. The molecule has 1 saturated carbocycles. The molecule has 4 aromatic rings. The first kappa shape index (κ1) is 31.4. The Bertz CT molecular complexity index is 1550. The first-order chi connectivity index (χ1) is 22.3. The van der Waals surface area contributed by atoms with Gasteiger partial charge in [-0.1, -0.05) is 62.4 Å². The largest absolute Gasteiger partial charge is 0.416 e. The summed E-state index contributed by atoms with van der Waals surface area (Å²) in [6, 6.07) is 20.4. The molecule has 2 fully saturated rings. The van der Waals surface area contributed by atoms with E-state index in [4.69, 9.17) is 9.97 Å². The molecule has 46 heavy (non-hydrogen) atoms. The van der Waals surface area contributed by atoms with Crippen LogP contribution in [0.5, 0.6) is 0 Å². The van der Waals surface area contributed by atoms with E-state index in [1.807, 2.05) is 53.4 Å². The fourth-order valence-electron chi connectivity index (χ4n) is 6.35. The minimum atomic E-state index is -4.40. The molecule has 6 rings (SSSR count). The third kappa shape index (κ3) is 7.99.